The van der Waals surface area contributed by atoms with Crippen LogP contribution in [-0.2, 0) is 9.47 Å². The van der Waals surface area contributed by atoms with E-state index in [2.05, 4.69) is 11.4 Å². The SMILES string of the molecule is C.C\C=C/C=C1/OC2(C=C(c3ccc(C(=N)N)cc3)/C1=C\OC)CCNCC2. The van der Waals surface area contributed by atoms with Crippen LogP contribution in [0.4, 0.5) is 0 Å². The van der Waals surface area contributed by atoms with Gasteiger partial charge >= 0.3 is 0 Å². The summed E-state index contributed by atoms with van der Waals surface area (Å²) in [5.74, 6) is 0.878. The van der Waals surface area contributed by atoms with E-state index in [1.807, 2.05) is 49.4 Å². The molecule has 1 saturated heterocycles. The van der Waals surface area contributed by atoms with Crippen LogP contribution in [0, 0.1) is 5.41 Å². The fourth-order valence-electron chi connectivity index (χ4n) is 3.49. The van der Waals surface area contributed by atoms with E-state index in [1.165, 1.54) is 0 Å². The number of amidine groups is 1. The molecule has 5 heteroatoms. The first-order chi connectivity index (χ1) is 13.1. The largest absolute Gasteiger partial charge is 0.504 e. The molecule has 2 heterocycles. The van der Waals surface area contributed by atoms with E-state index >= 15 is 0 Å². The smallest absolute Gasteiger partial charge is 0.131 e. The van der Waals surface area contributed by atoms with Crippen LogP contribution in [0.15, 0.2) is 66.2 Å². The third kappa shape index (κ3) is 4.54. The molecule has 1 aromatic rings. The Bertz CT molecular complexity index is 811. The van der Waals surface area contributed by atoms with Gasteiger partial charge in [0.2, 0.25) is 0 Å². The standard InChI is InChI=1S/C22H27N3O2.CH4/c1-3-4-5-20-19(15-26-2)18(14-22(27-20)10-12-25-13-11-22)16-6-8-17(9-7-16)21(23)24;/h3-9,14-15,25H,10-13H2,1-2H3,(H3,23,24);1H4/b4-3-,19-15+,20-5+;. The first-order valence-corrected chi connectivity index (χ1v) is 9.23. The predicted molar refractivity (Wildman–Crippen MR) is 116 cm³/mol. The van der Waals surface area contributed by atoms with Crippen molar-refractivity contribution < 1.29 is 9.47 Å². The van der Waals surface area contributed by atoms with Crippen LogP contribution < -0.4 is 11.1 Å². The van der Waals surface area contributed by atoms with Crippen molar-refractivity contribution in [3.8, 4) is 0 Å². The molecule has 1 fully saturated rings. The zero-order chi connectivity index (χ0) is 19.3. The molecule has 4 N–H and O–H groups in total. The maximum absolute atomic E-state index is 7.61. The van der Waals surface area contributed by atoms with Gasteiger partial charge in [-0.05, 0) is 43.3 Å². The first kappa shape index (κ1) is 21.5. The number of nitrogen functional groups attached to an aromatic ring is 1. The van der Waals surface area contributed by atoms with Gasteiger partial charge < -0.3 is 20.5 Å². The van der Waals surface area contributed by atoms with Crippen molar-refractivity contribution in [2.24, 2.45) is 5.73 Å². The van der Waals surface area contributed by atoms with Gasteiger partial charge in [-0.25, -0.2) is 0 Å². The average Bonchev–Trinajstić information content (AvgIpc) is 2.69. The Labute approximate surface area is 168 Å². The number of piperidine rings is 1. The van der Waals surface area contributed by atoms with E-state index < -0.39 is 0 Å². The zero-order valence-corrected chi connectivity index (χ0v) is 15.9. The molecule has 0 unspecified atom stereocenters. The van der Waals surface area contributed by atoms with Crippen molar-refractivity contribution in [3.05, 3.63) is 77.3 Å². The van der Waals surface area contributed by atoms with Crippen LogP contribution in [0.2, 0.25) is 0 Å². The van der Waals surface area contributed by atoms with Gasteiger partial charge in [0, 0.05) is 18.4 Å². The molecule has 150 valence electrons. The summed E-state index contributed by atoms with van der Waals surface area (Å²) in [6.07, 6.45) is 11.7. The summed E-state index contributed by atoms with van der Waals surface area (Å²) in [5.41, 5.74) is 9.03. The zero-order valence-electron chi connectivity index (χ0n) is 15.9. The lowest BCUT2D eigenvalue weighted by atomic mass is 9.82. The van der Waals surface area contributed by atoms with Gasteiger partial charge in [0.1, 0.15) is 17.2 Å². The molecule has 2 aliphatic rings. The lowest BCUT2D eigenvalue weighted by Crippen LogP contribution is -2.44. The number of hydrogen-bond acceptors (Lipinski definition) is 4. The maximum Gasteiger partial charge on any atom is 0.131 e. The summed E-state index contributed by atoms with van der Waals surface area (Å²) >= 11 is 0. The Morgan fingerprint density at radius 2 is 1.93 bits per heavy atom. The Hall–Kier alpha value is -2.79. The van der Waals surface area contributed by atoms with Gasteiger partial charge in [-0.15, -0.1) is 0 Å². The fourth-order valence-corrected chi connectivity index (χ4v) is 3.49. The molecule has 0 amide bonds. The summed E-state index contributed by atoms with van der Waals surface area (Å²) in [7, 11) is 1.64. The van der Waals surface area contributed by atoms with Gasteiger partial charge in [0.05, 0.1) is 18.9 Å². The number of nitrogens with two attached hydrogens (primary N) is 1. The molecule has 0 bridgehead atoms. The summed E-state index contributed by atoms with van der Waals surface area (Å²) < 4.78 is 11.9. The van der Waals surface area contributed by atoms with Gasteiger partial charge in [0.15, 0.2) is 0 Å². The second kappa shape index (κ2) is 9.42. The van der Waals surface area contributed by atoms with Crippen LogP contribution in [0.25, 0.3) is 5.57 Å². The molecule has 28 heavy (non-hydrogen) atoms. The highest BCUT2D eigenvalue weighted by Crippen LogP contribution is 2.42. The predicted octanol–water partition coefficient (Wildman–Crippen LogP) is 4.13. The van der Waals surface area contributed by atoms with Crippen LogP contribution in [0.1, 0.15) is 38.3 Å². The minimum atomic E-state index is -0.321. The van der Waals surface area contributed by atoms with Crippen molar-refractivity contribution in [1.82, 2.24) is 5.32 Å². The van der Waals surface area contributed by atoms with E-state index in [1.54, 1.807) is 13.4 Å². The maximum atomic E-state index is 7.61. The van der Waals surface area contributed by atoms with E-state index in [4.69, 9.17) is 20.6 Å². The summed E-state index contributed by atoms with van der Waals surface area (Å²) in [4.78, 5) is 0. The number of allylic oxidation sites excluding steroid dienone is 4. The molecular weight excluding hydrogens is 350 g/mol. The molecule has 2 aliphatic heterocycles. The van der Waals surface area contributed by atoms with Crippen LogP contribution in [0.3, 0.4) is 0 Å². The first-order valence-electron chi connectivity index (χ1n) is 9.23. The lowest BCUT2D eigenvalue weighted by Gasteiger charge is -2.41. The van der Waals surface area contributed by atoms with E-state index in [0.717, 1.165) is 48.4 Å². The van der Waals surface area contributed by atoms with Crippen LogP contribution >= 0.6 is 0 Å². The number of hydrogen-bond donors (Lipinski definition) is 3. The second-order valence-electron chi connectivity index (χ2n) is 6.79. The topological polar surface area (TPSA) is 80.4 Å². The molecule has 5 nitrogen and oxygen atoms in total. The van der Waals surface area contributed by atoms with Gasteiger partial charge in [-0.2, -0.15) is 0 Å². The quantitative estimate of drug-likeness (QED) is 0.416. The van der Waals surface area contributed by atoms with Gasteiger partial charge in [-0.3, -0.25) is 5.41 Å². The van der Waals surface area contributed by atoms with Crippen LogP contribution in [0.5, 0.6) is 0 Å². The minimum absolute atomic E-state index is 0. The number of methoxy groups -OCH3 is 1. The van der Waals surface area contributed by atoms with Crippen molar-refractivity contribution >= 4 is 11.4 Å². The number of ether oxygens (including phenoxy) is 2. The van der Waals surface area contributed by atoms with E-state index in [-0.39, 0.29) is 18.9 Å². The molecule has 0 aromatic heterocycles. The molecule has 0 atom stereocenters. The van der Waals surface area contributed by atoms with Crippen LogP contribution in [-0.4, -0.2) is 31.6 Å². The number of nitrogens with one attached hydrogen (secondary N) is 2. The number of benzene rings is 1. The highest BCUT2D eigenvalue weighted by Gasteiger charge is 2.38. The number of rotatable bonds is 4. The molecule has 3 rings (SSSR count). The Kier molecular flexibility index (Phi) is 7.24. The summed E-state index contributed by atoms with van der Waals surface area (Å²) in [6.45, 7) is 3.83. The summed E-state index contributed by atoms with van der Waals surface area (Å²) in [5, 5.41) is 11.0. The Morgan fingerprint density at radius 3 is 2.50 bits per heavy atom. The third-order valence-electron chi connectivity index (χ3n) is 4.91. The van der Waals surface area contributed by atoms with Gasteiger partial charge in [0.25, 0.3) is 0 Å². The highest BCUT2D eigenvalue weighted by atomic mass is 16.5. The van der Waals surface area contributed by atoms with Crippen molar-refractivity contribution in [2.75, 3.05) is 20.2 Å². The average molecular weight is 382 g/mol. The molecular formula is C23H31N3O2. The second-order valence-corrected chi connectivity index (χ2v) is 6.79. The lowest BCUT2D eigenvalue weighted by molar-refractivity contribution is 0.0196. The Morgan fingerprint density at radius 1 is 1.25 bits per heavy atom. The van der Waals surface area contributed by atoms with E-state index in [0.29, 0.717) is 5.56 Å². The highest BCUT2D eigenvalue weighted by molar-refractivity contribution is 5.95. The molecule has 1 aromatic carbocycles. The molecule has 0 aliphatic carbocycles. The molecule has 0 saturated carbocycles. The molecule has 0 radical (unpaired) electrons. The fraction of sp³-hybridized carbons (Fsp3) is 0.348. The van der Waals surface area contributed by atoms with Crippen molar-refractivity contribution in [2.45, 2.75) is 32.8 Å². The van der Waals surface area contributed by atoms with Crippen molar-refractivity contribution in [3.63, 3.8) is 0 Å². The normalized spacial score (nSPS) is 21.3. The van der Waals surface area contributed by atoms with E-state index in [9.17, 15) is 0 Å². The molecule has 1 spiro atoms. The summed E-state index contributed by atoms with van der Waals surface area (Å²) in [6, 6.07) is 7.75. The Balaban J connectivity index is 0.00000280. The minimum Gasteiger partial charge on any atom is -0.504 e. The third-order valence-corrected chi connectivity index (χ3v) is 4.91. The monoisotopic (exact) mass is 381 g/mol. The van der Waals surface area contributed by atoms with Gasteiger partial charge in [-0.1, -0.05) is 43.8 Å². The van der Waals surface area contributed by atoms with Crippen molar-refractivity contribution in [1.29, 1.82) is 5.41 Å².